The van der Waals surface area contributed by atoms with Gasteiger partial charge in [0.1, 0.15) is 5.82 Å². The van der Waals surface area contributed by atoms with Crippen LogP contribution in [0.5, 0.6) is 0 Å². The van der Waals surface area contributed by atoms with Crippen molar-refractivity contribution in [2.75, 3.05) is 20.1 Å². The summed E-state index contributed by atoms with van der Waals surface area (Å²) < 4.78 is 15.0. The van der Waals surface area contributed by atoms with Gasteiger partial charge < -0.3 is 9.80 Å². The average Bonchev–Trinajstić information content (AvgIpc) is 3.34. The first-order valence-corrected chi connectivity index (χ1v) is 8.96. The van der Waals surface area contributed by atoms with E-state index in [-0.39, 0.29) is 17.8 Å². The molecule has 0 unspecified atom stereocenters. The summed E-state index contributed by atoms with van der Waals surface area (Å²) in [5, 5.41) is 4.39. The topological polar surface area (TPSA) is 41.4 Å². The lowest BCUT2D eigenvalue weighted by atomic mass is 10.0. The maximum Gasteiger partial charge on any atom is 0.274 e. The molecular formula is C19H23FN4O. The Morgan fingerprint density at radius 3 is 2.72 bits per heavy atom. The normalized spacial score (nSPS) is 24.2. The van der Waals surface area contributed by atoms with E-state index in [1.165, 1.54) is 18.6 Å². The second kappa shape index (κ2) is 6.59. The lowest BCUT2D eigenvalue weighted by Gasteiger charge is -2.32. The first kappa shape index (κ1) is 16.3. The van der Waals surface area contributed by atoms with Crippen molar-refractivity contribution in [2.24, 2.45) is 0 Å². The Labute approximate surface area is 147 Å². The van der Waals surface area contributed by atoms with Crippen LogP contribution >= 0.6 is 0 Å². The fraction of sp³-hybridized carbons (Fsp3) is 0.474. The molecule has 4 rings (SSSR count). The van der Waals surface area contributed by atoms with Gasteiger partial charge >= 0.3 is 0 Å². The third kappa shape index (κ3) is 3.06. The van der Waals surface area contributed by atoms with Gasteiger partial charge in [-0.3, -0.25) is 4.79 Å². The minimum Gasteiger partial charge on any atom is -0.333 e. The summed E-state index contributed by atoms with van der Waals surface area (Å²) in [6.07, 6.45) is 6.18. The van der Waals surface area contributed by atoms with E-state index < -0.39 is 0 Å². The van der Waals surface area contributed by atoms with Crippen LogP contribution in [0.25, 0.3) is 5.69 Å². The molecule has 0 aliphatic carbocycles. The summed E-state index contributed by atoms with van der Waals surface area (Å²) in [6, 6.07) is 8.67. The van der Waals surface area contributed by atoms with Crippen LogP contribution in [0.4, 0.5) is 4.39 Å². The highest BCUT2D eigenvalue weighted by atomic mass is 19.1. The number of benzene rings is 1. The Bertz CT molecular complexity index is 774. The van der Waals surface area contributed by atoms with Crippen molar-refractivity contribution < 1.29 is 9.18 Å². The second-order valence-electron chi connectivity index (χ2n) is 7.02. The molecule has 2 fully saturated rings. The molecule has 132 valence electrons. The summed E-state index contributed by atoms with van der Waals surface area (Å²) in [5.74, 6) is -0.331. The predicted octanol–water partition coefficient (Wildman–Crippen LogP) is 2.71. The van der Waals surface area contributed by atoms with Gasteiger partial charge in [-0.25, -0.2) is 9.07 Å². The molecule has 1 amide bonds. The lowest BCUT2D eigenvalue weighted by Crippen LogP contribution is -2.47. The van der Waals surface area contributed by atoms with Crippen molar-refractivity contribution in [1.82, 2.24) is 19.6 Å². The van der Waals surface area contributed by atoms with Gasteiger partial charge in [0.2, 0.25) is 0 Å². The monoisotopic (exact) mass is 342 g/mol. The third-order valence-electron chi connectivity index (χ3n) is 5.46. The van der Waals surface area contributed by atoms with E-state index in [0.29, 0.717) is 17.4 Å². The molecule has 3 heterocycles. The summed E-state index contributed by atoms with van der Waals surface area (Å²) >= 11 is 0. The molecule has 5 nitrogen and oxygen atoms in total. The lowest BCUT2D eigenvalue weighted by molar-refractivity contribution is 0.0658. The summed E-state index contributed by atoms with van der Waals surface area (Å²) in [6.45, 7) is 1.90. The number of likely N-dealkylation sites (tertiary alicyclic amines) is 2. The number of likely N-dealkylation sites (N-methyl/N-ethyl adjacent to an activating group) is 1. The molecule has 6 heteroatoms. The SMILES string of the molecule is CN1CCC[C@H]1[C@H]1CCCN1C(=O)c1ccn(-c2cccc(F)c2)n1. The van der Waals surface area contributed by atoms with Crippen LogP contribution in [0.1, 0.15) is 36.2 Å². The number of aromatic nitrogens is 2. The Morgan fingerprint density at radius 2 is 1.96 bits per heavy atom. The Hall–Kier alpha value is -2.21. The number of amides is 1. The van der Waals surface area contributed by atoms with Crippen LogP contribution in [0, 0.1) is 5.82 Å². The van der Waals surface area contributed by atoms with Gasteiger partial charge in [0.05, 0.1) is 5.69 Å². The molecule has 2 atom stereocenters. The van der Waals surface area contributed by atoms with Gasteiger partial charge in [0.15, 0.2) is 5.69 Å². The predicted molar refractivity (Wildman–Crippen MR) is 93.2 cm³/mol. The zero-order chi connectivity index (χ0) is 17.4. The average molecular weight is 342 g/mol. The minimum absolute atomic E-state index is 0.0158. The molecule has 0 saturated carbocycles. The van der Waals surface area contributed by atoms with Gasteiger partial charge in [-0.15, -0.1) is 0 Å². The van der Waals surface area contributed by atoms with Crippen molar-refractivity contribution in [3.63, 3.8) is 0 Å². The number of hydrogen-bond acceptors (Lipinski definition) is 3. The van der Waals surface area contributed by atoms with E-state index in [0.717, 1.165) is 32.4 Å². The molecule has 1 aromatic heterocycles. The molecule has 2 aliphatic rings. The smallest absolute Gasteiger partial charge is 0.274 e. The van der Waals surface area contributed by atoms with Gasteiger partial charge in [0.25, 0.3) is 5.91 Å². The number of carbonyl (C=O) groups is 1. The number of halogens is 1. The highest BCUT2D eigenvalue weighted by molar-refractivity contribution is 5.92. The zero-order valence-electron chi connectivity index (χ0n) is 14.4. The van der Waals surface area contributed by atoms with Crippen LogP contribution < -0.4 is 0 Å². The first-order chi connectivity index (χ1) is 12.1. The van der Waals surface area contributed by atoms with Crippen molar-refractivity contribution in [3.05, 3.63) is 48.0 Å². The van der Waals surface area contributed by atoms with Gasteiger partial charge in [-0.05, 0) is 63.5 Å². The highest BCUT2D eigenvalue weighted by Gasteiger charge is 2.39. The largest absolute Gasteiger partial charge is 0.333 e. The van der Waals surface area contributed by atoms with Gasteiger partial charge in [-0.2, -0.15) is 5.10 Å². The molecule has 0 radical (unpaired) electrons. The van der Waals surface area contributed by atoms with Crippen LogP contribution in [-0.2, 0) is 0 Å². The zero-order valence-corrected chi connectivity index (χ0v) is 14.4. The fourth-order valence-corrected chi connectivity index (χ4v) is 4.21. The Balaban J connectivity index is 1.54. The fourth-order valence-electron chi connectivity index (χ4n) is 4.21. The number of hydrogen-bond donors (Lipinski definition) is 0. The standard InChI is InChI=1S/C19H23FN4O/c1-22-10-3-7-17(22)18-8-4-11-23(18)19(25)16-9-12-24(21-16)15-6-2-5-14(20)13-15/h2,5-6,9,12-13,17-18H,3-4,7-8,10-11H2,1H3/t17-,18+/m0/s1. The van der Waals surface area contributed by atoms with Gasteiger partial charge in [-0.1, -0.05) is 6.07 Å². The van der Waals surface area contributed by atoms with Crippen molar-refractivity contribution in [2.45, 2.75) is 37.8 Å². The van der Waals surface area contributed by atoms with Crippen LogP contribution in [-0.4, -0.2) is 57.7 Å². The van der Waals surface area contributed by atoms with Crippen LogP contribution in [0.3, 0.4) is 0 Å². The van der Waals surface area contributed by atoms with Crippen molar-refractivity contribution >= 4 is 5.91 Å². The van der Waals surface area contributed by atoms with E-state index in [1.807, 2.05) is 4.90 Å². The number of rotatable bonds is 3. The highest BCUT2D eigenvalue weighted by Crippen LogP contribution is 2.30. The number of nitrogens with zero attached hydrogens (tertiary/aromatic N) is 4. The van der Waals surface area contributed by atoms with E-state index in [1.54, 1.807) is 29.1 Å². The first-order valence-electron chi connectivity index (χ1n) is 8.96. The molecule has 2 aromatic rings. The van der Waals surface area contributed by atoms with Crippen molar-refractivity contribution in [3.8, 4) is 5.69 Å². The summed E-state index contributed by atoms with van der Waals surface area (Å²) in [5.41, 5.74) is 1.05. The molecular weight excluding hydrogens is 319 g/mol. The van der Waals surface area contributed by atoms with E-state index in [2.05, 4.69) is 17.0 Å². The van der Waals surface area contributed by atoms with E-state index in [9.17, 15) is 9.18 Å². The third-order valence-corrected chi connectivity index (χ3v) is 5.46. The van der Waals surface area contributed by atoms with E-state index >= 15 is 0 Å². The molecule has 0 bridgehead atoms. The molecule has 2 aliphatic heterocycles. The van der Waals surface area contributed by atoms with Gasteiger partial charge in [0, 0.05) is 24.8 Å². The maximum atomic E-state index is 13.4. The van der Waals surface area contributed by atoms with E-state index in [4.69, 9.17) is 0 Å². The second-order valence-corrected chi connectivity index (χ2v) is 7.02. The Kier molecular flexibility index (Phi) is 4.29. The molecule has 1 aromatic carbocycles. The minimum atomic E-state index is -0.315. The van der Waals surface area contributed by atoms with Crippen LogP contribution in [0.2, 0.25) is 0 Å². The molecule has 0 spiro atoms. The quantitative estimate of drug-likeness (QED) is 0.861. The molecule has 2 saturated heterocycles. The Morgan fingerprint density at radius 1 is 1.16 bits per heavy atom. The maximum absolute atomic E-state index is 13.4. The summed E-state index contributed by atoms with van der Waals surface area (Å²) in [7, 11) is 2.15. The molecule has 0 N–H and O–H groups in total. The number of carbonyl (C=O) groups excluding carboxylic acids is 1. The summed E-state index contributed by atoms with van der Waals surface area (Å²) in [4.78, 5) is 17.4. The van der Waals surface area contributed by atoms with Crippen molar-refractivity contribution in [1.29, 1.82) is 0 Å². The molecule has 25 heavy (non-hydrogen) atoms. The van der Waals surface area contributed by atoms with Crippen LogP contribution in [0.15, 0.2) is 36.5 Å².